The van der Waals surface area contributed by atoms with Crippen LogP contribution in [0.1, 0.15) is 28.5 Å². The smallest absolute Gasteiger partial charge is 0.399 e. The molecule has 6 nitrogen and oxygen atoms in total. The third kappa shape index (κ3) is 4.90. The van der Waals surface area contributed by atoms with Crippen molar-refractivity contribution in [2.24, 2.45) is 12.2 Å². The molecule has 0 spiro atoms. The highest BCUT2D eigenvalue weighted by atomic mass is 19.4. The van der Waals surface area contributed by atoms with E-state index in [1.807, 2.05) is 0 Å². The number of benzene rings is 2. The summed E-state index contributed by atoms with van der Waals surface area (Å²) < 4.78 is 54.4. The summed E-state index contributed by atoms with van der Waals surface area (Å²) in [6.07, 6.45) is -3.81. The predicted molar refractivity (Wildman–Crippen MR) is 107 cm³/mol. The van der Waals surface area contributed by atoms with Crippen LogP contribution in [0.3, 0.4) is 0 Å². The lowest BCUT2D eigenvalue weighted by Gasteiger charge is -2.13. The molecule has 0 aliphatic heterocycles. The van der Waals surface area contributed by atoms with E-state index >= 15 is 0 Å². The number of aromatic nitrogens is 2. The number of nitrogens with zero attached hydrogens (tertiary/aromatic N) is 3. The molecule has 0 aliphatic rings. The Bertz CT molecular complexity index is 1140. The second-order valence-electron chi connectivity index (χ2n) is 6.64. The van der Waals surface area contributed by atoms with E-state index in [-0.39, 0.29) is 5.69 Å². The minimum absolute atomic E-state index is 0.151. The van der Waals surface area contributed by atoms with Gasteiger partial charge in [-0.3, -0.25) is 9.48 Å². The number of oxime groups is 1. The lowest BCUT2D eigenvalue weighted by molar-refractivity contribution is -0.141. The number of amides is 1. The van der Waals surface area contributed by atoms with E-state index in [2.05, 4.69) is 15.6 Å². The zero-order valence-electron chi connectivity index (χ0n) is 16.8. The van der Waals surface area contributed by atoms with Gasteiger partial charge in [0.05, 0.1) is 11.3 Å². The number of anilines is 1. The normalized spacial score (nSPS) is 12.0. The Morgan fingerprint density at radius 3 is 2.45 bits per heavy atom. The van der Waals surface area contributed by atoms with Gasteiger partial charge in [0.2, 0.25) is 0 Å². The lowest BCUT2D eigenvalue weighted by Crippen LogP contribution is -2.18. The van der Waals surface area contributed by atoms with Crippen LogP contribution in [0.15, 0.2) is 53.8 Å². The molecule has 0 aliphatic carbocycles. The van der Waals surface area contributed by atoms with Crippen molar-refractivity contribution < 1.29 is 27.2 Å². The molecule has 31 heavy (non-hydrogen) atoms. The molecular formula is C21H18F4N4O2. The van der Waals surface area contributed by atoms with Crippen LogP contribution >= 0.6 is 0 Å². The fraction of sp³-hybridized carbons (Fsp3) is 0.190. The molecule has 0 atom stereocenters. The number of alkyl halides is 3. The van der Waals surface area contributed by atoms with Crippen molar-refractivity contribution in [2.45, 2.75) is 13.1 Å². The average molecular weight is 434 g/mol. The molecule has 0 fully saturated rings. The SMILES string of the molecule is CO/N=C(\C)c1ccc(-c2cc(F)ccc2NC(=O)c2cn(C)nc2C(F)(F)F)cc1. The highest BCUT2D eigenvalue weighted by Gasteiger charge is 2.39. The van der Waals surface area contributed by atoms with E-state index in [0.717, 1.165) is 22.5 Å². The summed E-state index contributed by atoms with van der Waals surface area (Å²) in [4.78, 5) is 17.3. The van der Waals surface area contributed by atoms with E-state index in [1.165, 1.54) is 26.3 Å². The van der Waals surface area contributed by atoms with Gasteiger partial charge in [0, 0.05) is 24.5 Å². The summed E-state index contributed by atoms with van der Waals surface area (Å²) in [5.41, 5.74) is 0.458. The second-order valence-corrected chi connectivity index (χ2v) is 6.64. The van der Waals surface area contributed by atoms with Crippen molar-refractivity contribution in [3.05, 3.63) is 71.3 Å². The molecule has 0 saturated carbocycles. The molecule has 1 N–H and O–H groups in total. The summed E-state index contributed by atoms with van der Waals surface area (Å²) in [5, 5.41) is 9.60. The van der Waals surface area contributed by atoms with E-state index in [9.17, 15) is 22.4 Å². The summed E-state index contributed by atoms with van der Waals surface area (Å²) >= 11 is 0. The summed E-state index contributed by atoms with van der Waals surface area (Å²) in [5.74, 6) is -1.57. The summed E-state index contributed by atoms with van der Waals surface area (Å²) in [7, 11) is 2.71. The minimum Gasteiger partial charge on any atom is -0.399 e. The molecule has 3 rings (SSSR count). The number of hydrogen-bond donors (Lipinski definition) is 1. The largest absolute Gasteiger partial charge is 0.435 e. The zero-order valence-corrected chi connectivity index (χ0v) is 16.8. The molecular weight excluding hydrogens is 416 g/mol. The molecule has 0 bridgehead atoms. The number of halogens is 4. The van der Waals surface area contributed by atoms with Crippen molar-refractivity contribution in [1.82, 2.24) is 9.78 Å². The van der Waals surface area contributed by atoms with Gasteiger partial charge in [-0.05, 0) is 36.2 Å². The monoisotopic (exact) mass is 434 g/mol. The quantitative estimate of drug-likeness (QED) is 0.354. The second kappa shape index (κ2) is 8.58. The fourth-order valence-corrected chi connectivity index (χ4v) is 3.00. The Labute approximate surface area is 175 Å². The van der Waals surface area contributed by atoms with E-state index in [1.54, 1.807) is 31.2 Å². The Balaban J connectivity index is 1.96. The molecule has 3 aromatic rings. The Morgan fingerprint density at radius 1 is 1.16 bits per heavy atom. The number of aryl methyl sites for hydroxylation is 1. The van der Waals surface area contributed by atoms with Crippen molar-refractivity contribution >= 4 is 17.3 Å². The standard InChI is InChI=1S/C21H18F4N4O2/c1-12(28-31-3)13-4-6-14(7-5-13)16-10-15(22)8-9-18(16)26-20(30)17-11-29(2)27-19(17)21(23,24)25/h4-11H,1-3H3,(H,26,30)/b28-12+. The number of carbonyl (C=O) groups is 1. The maximum Gasteiger partial charge on any atom is 0.435 e. The maximum absolute atomic E-state index is 13.9. The fourth-order valence-electron chi connectivity index (χ4n) is 3.00. The zero-order chi connectivity index (χ0) is 22.8. The highest BCUT2D eigenvalue weighted by molar-refractivity contribution is 6.07. The Hall–Kier alpha value is -3.69. The first-order valence-electron chi connectivity index (χ1n) is 9.00. The van der Waals surface area contributed by atoms with Crippen molar-refractivity contribution in [1.29, 1.82) is 0 Å². The van der Waals surface area contributed by atoms with Gasteiger partial charge >= 0.3 is 6.18 Å². The molecule has 0 radical (unpaired) electrons. The van der Waals surface area contributed by atoms with Gasteiger partial charge in [-0.2, -0.15) is 18.3 Å². The van der Waals surface area contributed by atoms with Crippen molar-refractivity contribution in [3.63, 3.8) is 0 Å². The van der Waals surface area contributed by atoms with Crippen LogP contribution in [0.4, 0.5) is 23.2 Å². The van der Waals surface area contributed by atoms with Crippen LogP contribution in [0.2, 0.25) is 0 Å². The number of hydrogen-bond acceptors (Lipinski definition) is 4. The van der Waals surface area contributed by atoms with E-state index in [0.29, 0.717) is 16.8 Å². The van der Waals surface area contributed by atoms with Gasteiger partial charge in [-0.1, -0.05) is 29.4 Å². The third-order valence-corrected chi connectivity index (χ3v) is 4.41. The number of rotatable bonds is 5. The van der Waals surface area contributed by atoms with E-state index in [4.69, 9.17) is 4.84 Å². The number of nitrogens with one attached hydrogen (secondary N) is 1. The molecule has 162 valence electrons. The first-order chi connectivity index (χ1) is 14.6. The Morgan fingerprint density at radius 2 is 1.84 bits per heavy atom. The first kappa shape index (κ1) is 22.0. The maximum atomic E-state index is 13.9. The van der Waals surface area contributed by atoms with Gasteiger partial charge in [-0.25, -0.2) is 4.39 Å². The molecule has 2 aromatic carbocycles. The van der Waals surface area contributed by atoms with Crippen LogP contribution in [-0.4, -0.2) is 28.5 Å². The predicted octanol–water partition coefficient (Wildman–Crippen LogP) is 4.87. The third-order valence-electron chi connectivity index (χ3n) is 4.41. The molecule has 1 heterocycles. The van der Waals surface area contributed by atoms with Crippen LogP contribution < -0.4 is 5.32 Å². The molecule has 0 saturated heterocycles. The van der Waals surface area contributed by atoms with Crippen molar-refractivity contribution in [2.75, 3.05) is 12.4 Å². The van der Waals surface area contributed by atoms with Crippen LogP contribution in [0.25, 0.3) is 11.1 Å². The minimum atomic E-state index is -4.79. The summed E-state index contributed by atoms with van der Waals surface area (Å²) in [6, 6.07) is 10.4. The number of carbonyl (C=O) groups excluding carboxylic acids is 1. The average Bonchev–Trinajstić information content (AvgIpc) is 3.12. The Kier molecular flexibility index (Phi) is 6.09. The first-order valence-corrected chi connectivity index (χ1v) is 9.00. The van der Waals surface area contributed by atoms with Gasteiger partial charge in [-0.15, -0.1) is 0 Å². The molecule has 10 heteroatoms. The van der Waals surface area contributed by atoms with Crippen LogP contribution in [-0.2, 0) is 18.1 Å². The van der Waals surface area contributed by atoms with Gasteiger partial charge < -0.3 is 10.2 Å². The highest BCUT2D eigenvalue weighted by Crippen LogP contribution is 2.33. The topological polar surface area (TPSA) is 68.5 Å². The van der Waals surface area contributed by atoms with Crippen molar-refractivity contribution in [3.8, 4) is 11.1 Å². The lowest BCUT2D eigenvalue weighted by atomic mass is 10.0. The van der Waals surface area contributed by atoms with Gasteiger partial charge in [0.15, 0.2) is 5.69 Å². The van der Waals surface area contributed by atoms with Crippen LogP contribution in [0.5, 0.6) is 0 Å². The molecule has 0 unspecified atom stereocenters. The van der Waals surface area contributed by atoms with Gasteiger partial charge in [0.1, 0.15) is 12.9 Å². The van der Waals surface area contributed by atoms with Crippen LogP contribution in [0, 0.1) is 5.82 Å². The molecule has 1 amide bonds. The summed E-state index contributed by atoms with van der Waals surface area (Å²) in [6.45, 7) is 1.75. The molecule has 1 aromatic heterocycles. The van der Waals surface area contributed by atoms with Gasteiger partial charge in [0.25, 0.3) is 5.91 Å². The van der Waals surface area contributed by atoms with E-state index < -0.39 is 29.2 Å².